The second-order valence-corrected chi connectivity index (χ2v) is 9.43. The van der Waals surface area contributed by atoms with Crippen molar-refractivity contribution in [3.8, 4) is 16.9 Å². The molecule has 0 saturated heterocycles. The van der Waals surface area contributed by atoms with Crippen molar-refractivity contribution in [1.82, 2.24) is 9.88 Å². The Morgan fingerprint density at radius 1 is 1.13 bits per heavy atom. The van der Waals surface area contributed by atoms with Gasteiger partial charge >= 0.3 is 0 Å². The molecule has 2 atom stereocenters. The predicted molar refractivity (Wildman–Crippen MR) is 122 cm³/mol. The summed E-state index contributed by atoms with van der Waals surface area (Å²) in [6.45, 7) is 1.97. The molecule has 1 aromatic carbocycles. The summed E-state index contributed by atoms with van der Waals surface area (Å²) in [5, 5.41) is 11.8. The van der Waals surface area contributed by atoms with Gasteiger partial charge < -0.3 is 10.8 Å². The first-order valence-electron chi connectivity index (χ1n) is 10.3. The van der Waals surface area contributed by atoms with Crippen LogP contribution in [-0.2, 0) is 10.3 Å². The summed E-state index contributed by atoms with van der Waals surface area (Å²) in [6.07, 6.45) is 5.59. The molecule has 2 aromatic heterocycles. The monoisotopic (exact) mass is 432 g/mol. The lowest BCUT2D eigenvalue weighted by Gasteiger charge is -2.40. The van der Waals surface area contributed by atoms with E-state index >= 15 is 0 Å². The van der Waals surface area contributed by atoms with Crippen molar-refractivity contribution in [2.45, 2.75) is 37.1 Å². The molecule has 2 aliphatic rings. The van der Waals surface area contributed by atoms with Crippen LogP contribution >= 0.6 is 11.3 Å². The second-order valence-electron chi connectivity index (χ2n) is 8.52. The number of benzene rings is 1. The van der Waals surface area contributed by atoms with Crippen LogP contribution in [0.15, 0.2) is 59.2 Å². The minimum Gasteiger partial charge on any atom is -0.506 e. The molecule has 3 N–H and O–H groups in total. The zero-order valence-electron chi connectivity index (χ0n) is 17.4. The molecule has 6 nitrogen and oxygen atoms in total. The van der Waals surface area contributed by atoms with Gasteiger partial charge in [0.25, 0.3) is 0 Å². The van der Waals surface area contributed by atoms with Crippen molar-refractivity contribution < 1.29 is 9.90 Å². The number of aliphatic imine (C=N–C) groups is 1. The standard InChI is InChI=1S/C24H24N4O2S/c1-24(20-10-18(13-31-20)17-9-19(29)12-26-11-17)21(22(30)28(2)23(25)27-24)16-7-5-15(6-8-16)14-3-4-14/h5-14,21,29H,3-4H2,1-2H3,(H2,25,27)/t21-,24-/m1/s1. The van der Waals surface area contributed by atoms with Crippen LogP contribution in [0.3, 0.4) is 0 Å². The average Bonchev–Trinajstić information content (AvgIpc) is 3.48. The van der Waals surface area contributed by atoms with Crippen LogP contribution in [0.4, 0.5) is 0 Å². The van der Waals surface area contributed by atoms with E-state index in [2.05, 4.69) is 29.2 Å². The molecular weight excluding hydrogens is 408 g/mol. The molecule has 1 saturated carbocycles. The first-order chi connectivity index (χ1) is 14.9. The minimum absolute atomic E-state index is 0.0665. The molecule has 3 heterocycles. The van der Waals surface area contributed by atoms with Crippen LogP contribution in [0, 0.1) is 0 Å². The number of likely N-dealkylation sites (N-methyl/N-ethyl adjacent to an activating group) is 1. The number of rotatable bonds is 4. The molecule has 1 amide bonds. The van der Waals surface area contributed by atoms with Gasteiger partial charge in [-0.2, -0.15) is 0 Å². The molecule has 1 aliphatic heterocycles. The summed E-state index contributed by atoms with van der Waals surface area (Å²) in [5.41, 5.74) is 9.33. The van der Waals surface area contributed by atoms with Gasteiger partial charge in [-0.3, -0.25) is 14.7 Å². The largest absolute Gasteiger partial charge is 0.506 e. The lowest BCUT2D eigenvalue weighted by molar-refractivity contribution is -0.130. The highest BCUT2D eigenvalue weighted by Gasteiger charge is 2.48. The Morgan fingerprint density at radius 3 is 2.52 bits per heavy atom. The maximum Gasteiger partial charge on any atom is 0.239 e. The predicted octanol–water partition coefficient (Wildman–Crippen LogP) is 4.18. The van der Waals surface area contributed by atoms with Crippen molar-refractivity contribution >= 4 is 23.2 Å². The molecule has 0 bridgehead atoms. The Kier molecular flexibility index (Phi) is 4.59. The fourth-order valence-electron chi connectivity index (χ4n) is 4.30. The number of amides is 1. The van der Waals surface area contributed by atoms with E-state index < -0.39 is 11.5 Å². The highest BCUT2D eigenvalue weighted by atomic mass is 32.1. The molecule has 1 fully saturated rings. The lowest BCUT2D eigenvalue weighted by Crippen LogP contribution is -2.52. The Labute approximate surface area is 185 Å². The van der Waals surface area contributed by atoms with E-state index in [0.29, 0.717) is 5.92 Å². The fourth-order valence-corrected chi connectivity index (χ4v) is 5.36. The number of aromatic hydroxyl groups is 1. The molecule has 7 heteroatoms. The Balaban J connectivity index is 1.59. The van der Waals surface area contributed by atoms with E-state index in [0.717, 1.165) is 21.6 Å². The highest BCUT2D eigenvalue weighted by molar-refractivity contribution is 7.10. The Bertz CT molecular complexity index is 1180. The molecule has 31 heavy (non-hydrogen) atoms. The number of thiophene rings is 1. The number of nitrogens with zero attached hydrogens (tertiary/aromatic N) is 3. The number of carbonyl (C=O) groups is 1. The smallest absolute Gasteiger partial charge is 0.239 e. The lowest BCUT2D eigenvalue weighted by atomic mass is 9.77. The van der Waals surface area contributed by atoms with Crippen molar-refractivity contribution in [3.63, 3.8) is 0 Å². The number of aromatic nitrogens is 1. The molecule has 0 spiro atoms. The van der Waals surface area contributed by atoms with E-state index in [4.69, 9.17) is 10.7 Å². The van der Waals surface area contributed by atoms with Crippen LogP contribution in [0.2, 0.25) is 0 Å². The van der Waals surface area contributed by atoms with Crippen molar-refractivity contribution in [1.29, 1.82) is 0 Å². The number of carbonyl (C=O) groups excluding carboxylic acids is 1. The van der Waals surface area contributed by atoms with Gasteiger partial charge in [0.05, 0.1) is 12.1 Å². The van der Waals surface area contributed by atoms with Crippen molar-refractivity contribution in [3.05, 3.63) is 70.2 Å². The van der Waals surface area contributed by atoms with Crippen molar-refractivity contribution in [2.75, 3.05) is 7.05 Å². The van der Waals surface area contributed by atoms with Gasteiger partial charge in [0.15, 0.2) is 5.96 Å². The van der Waals surface area contributed by atoms with Crippen LogP contribution in [0.1, 0.15) is 47.6 Å². The first-order valence-corrected chi connectivity index (χ1v) is 11.2. The third-order valence-electron chi connectivity index (χ3n) is 6.30. The number of pyridine rings is 1. The Morgan fingerprint density at radius 2 is 1.84 bits per heavy atom. The fraction of sp³-hybridized carbons (Fsp3) is 0.292. The number of hydrogen-bond acceptors (Lipinski definition) is 6. The van der Waals surface area contributed by atoms with Gasteiger partial charge in [0.1, 0.15) is 11.3 Å². The molecule has 5 rings (SSSR count). The highest BCUT2D eigenvalue weighted by Crippen LogP contribution is 2.48. The van der Waals surface area contributed by atoms with Crippen LogP contribution in [-0.4, -0.2) is 33.9 Å². The topological polar surface area (TPSA) is 91.8 Å². The molecule has 0 radical (unpaired) electrons. The summed E-state index contributed by atoms with van der Waals surface area (Å²) in [7, 11) is 1.67. The number of hydrogen-bond donors (Lipinski definition) is 2. The zero-order valence-corrected chi connectivity index (χ0v) is 18.3. The second kappa shape index (κ2) is 7.20. The maximum absolute atomic E-state index is 13.4. The van der Waals surface area contributed by atoms with Crippen LogP contribution in [0.25, 0.3) is 11.1 Å². The summed E-state index contributed by atoms with van der Waals surface area (Å²) in [6, 6.07) is 12.1. The normalized spacial score (nSPS) is 23.7. The summed E-state index contributed by atoms with van der Waals surface area (Å²) < 4.78 is 0. The third kappa shape index (κ3) is 3.39. The van der Waals surface area contributed by atoms with Crippen LogP contribution < -0.4 is 5.73 Å². The van der Waals surface area contributed by atoms with E-state index in [1.807, 2.05) is 18.4 Å². The number of nitrogens with two attached hydrogens (primary N) is 1. The molecule has 3 aromatic rings. The van der Waals surface area contributed by atoms with Gasteiger partial charge in [0.2, 0.25) is 5.91 Å². The number of guanidine groups is 1. The van der Waals surface area contributed by atoms with Gasteiger partial charge in [-0.05, 0) is 59.9 Å². The molecule has 158 valence electrons. The van der Waals surface area contributed by atoms with E-state index in [1.54, 1.807) is 19.3 Å². The van der Waals surface area contributed by atoms with E-state index in [-0.39, 0.29) is 17.6 Å². The third-order valence-corrected chi connectivity index (χ3v) is 7.46. The molecule has 1 aliphatic carbocycles. The zero-order chi connectivity index (χ0) is 21.8. The van der Waals surface area contributed by atoms with Gasteiger partial charge in [-0.25, -0.2) is 4.99 Å². The van der Waals surface area contributed by atoms with E-state index in [1.165, 1.54) is 40.8 Å². The summed E-state index contributed by atoms with van der Waals surface area (Å²) in [4.78, 5) is 24.7. The van der Waals surface area contributed by atoms with Gasteiger partial charge in [-0.15, -0.1) is 11.3 Å². The van der Waals surface area contributed by atoms with Gasteiger partial charge in [-0.1, -0.05) is 24.3 Å². The van der Waals surface area contributed by atoms with Crippen LogP contribution in [0.5, 0.6) is 5.75 Å². The SMILES string of the molecule is CN1C(=O)[C@@H](c2ccc(C3CC3)cc2)[C@@](C)(c2cc(-c3cncc(O)c3)cs2)N=C1N. The summed E-state index contributed by atoms with van der Waals surface area (Å²) >= 11 is 1.53. The summed E-state index contributed by atoms with van der Waals surface area (Å²) in [5.74, 6) is 0.443. The van der Waals surface area contributed by atoms with E-state index in [9.17, 15) is 9.90 Å². The quantitative estimate of drug-likeness (QED) is 0.647. The molecular formula is C24H24N4O2S. The minimum atomic E-state index is -0.831. The van der Waals surface area contributed by atoms with Gasteiger partial charge in [0, 0.05) is 23.7 Å². The maximum atomic E-state index is 13.4. The Hall–Kier alpha value is -3.19. The van der Waals surface area contributed by atoms with Crippen molar-refractivity contribution in [2.24, 2.45) is 10.7 Å². The first kappa shape index (κ1) is 19.8. The molecule has 0 unspecified atom stereocenters. The average molecular weight is 433 g/mol.